The van der Waals surface area contributed by atoms with Crippen molar-refractivity contribution in [2.75, 3.05) is 12.3 Å². The van der Waals surface area contributed by atoms with Crippen molar-refractivity contribution in [1.29, 1.82) is 5.26 Å². The van der Waals surface area contributed by atoms with E-state index in [1.807, 2.05) is 0 Å². The molecule has 1 amide bonds. The van der Waals surface area contributed by atoms with E-state index in [4.69, 9.17) is 5.73 Å². The molecule has 1 aromatic heterocycles. The number of aromatic nitrogens is 2. The van der Waals surface area contributed by atoms with Gasteiger partial charge in [0.25, 0.3) is 0 Å². The Kier molecular flexibility index (Phi) is 8.05. The lowest BCUT2D eigenvalue weighted by Crippen LogP contribution is -2.34. The second-order valence-corrected chi connectivity index (χ2v) is 8.46. The van der Waals surface area contributed by atoms with E-state index < -0.39 is 0 Å². The van der Waals surface area contributed by atoms with Gasteiger partial charge in [0, 0.05) is 12.5 Å². The molecule has 0 radical (unpaired) electrons. The number of nitriles is 1. The number of unbranched alkanes of at least 4 members (excludes halogenated alkanes) is 1. The quantitative estimate of drug-likeness (QED) is 0.578. The van der Waals surface area contributed by atoms with Crippen molar-refractivity contribution in [3.05, 3.63) is 41.3 Å². The Hall–Kier alpha value is -2.88. The van der Waals surface area contributed by atoms with Gasteiger partial charge in [-0.3, -0.25) is 4.79 Å². The van der Waals surface area contributed by atoms with Crippen LogP contribution < -0.4 is 11.1 Å². The predicted octanol–water partition coefficient (Wildman–Crippen LogP) is 4.51. The zero-order chi connectivity index (χ0) is 22.2. The topological polar surface area (TPSA) is 96.7 Å². The Morgan fingerprint density at radius 1 is 1.26 bits per heavy atom. The average Bonchev–Trinajstić information content (AvgIpc) is 3.11. The summed E-state index contributed by atoms with van der Waals surface area (Å²) in [4.78, 5) is 12.5. The van der Waals surface area contributed by atoms with Gasteiger partial charge in [0.1, 0.15) is 23.3 Å². The number of hydrogen-bond donors (Lipinski definition) is 2. The summed E-state index contributed by atoms with van der Waals surface area (Å²) >= 11 is 0. The smallest absolute Gasteiger partial charge is 0.223 e. The minimum absolute atomic E-state index is 0.126. The van der Waals surface area contributed by atoms with E-state index in [1.54, 1.807) is 12.1 Å². The number of nitrogens with two attached hydrogens (primary N) is 1. The van der Waals surface area contributed by atoms with Crippen LogP contribution >= 0.6 is 0 Å². The largest absolute Gasteiger partial charge is 0.382 e. The fourth-order valence-electron chi connectivity index (χ4n) is 4.37. The standard InChI is InChI=1S/C24H32FN5O/c1-2-3-5-17-7-9-18(10-8-17)24(31)28-15-4-6-22-21(16-26)23(27)30(29-22)20-13-11-19(25)12-14-20/h11-14,17-18H,2-10,15,27H2,1H3,(H,28,31). The number of carbonyl (C=O) groups is 1. The van der Waals surface area contributed by atoms with Gasteiger partial charge in [0.15, 0.2) is 0 Å². The minimum atomic E-state index is -0.347. The van der Waals surface area contributed by atoms with Gasteiger partial charge in [-0.1, -0.05) is 26.2 Å². The van der Waals surface area contributed by atoms with Crippen molar-refractivity contribution < 1.29 is 9.18 Å². The van der Waals surface area contributed by atoms with Gasteiger partial charge in [-0.15, -0.1) is 0 Å². The van der Waals surface area contributed by atoms with Crippen LogP contribution in [0.3, 0.4) is 0 Å². The molecule has 0 saturated heterocycles. The zero-order valence-electron chi connectivity index (χ0n) is 18.2. The zero-order valence-corrected chi connectivity index (χ0v) is 18.2. The first kappa shape index (κ1) is 22.8. The van der Waals surface area contributed by atoms with Crippen molar-refractivity contribution in [1.82, 2.24) is 15.1 Å². The first-order chi connectivity index (χ1) is 15.0. The molecule has 1 saturated carbocycles. The molecule has 0 unspecified atom stereocenters. The van der Waals surface area contributed by atoms with Gasteiger partial charge in [-0.2, -0.15) is 10.4 Å². The molecule has 1 aromatic carbocycles. The van der Waals surface area contributed by atoms with Gasteiger partial charge in [0.05, 0.1) is 11.4 Å². The molecule has 6 nitrogen and oxygen atoms in total. The first-order valence-corrected chi connectivity index (χ1v) is 11.3. The number of hydrogen-bond acceptors (Lipinski definition) is 4. The van der Waals surface area contributed by atoms with Crippen LogP contribution in [0.2, 0.25) is 0 Å². The van der Waals surface area contributed by atoms with E-state index >= 15 is 0 Å². The van der Waals surface area contributed by atoms with E-state index in [0.717, 1.165) is 31.6 Å². The van der Waals surface area contributed by atoms with Crippen LogP contribution in [0.5, 0.6) is 0 Å². The molecule has 7 heteroatoms. The summed E-state index contributed by atoms with van der Waals surface area (Å²) in [5, 5.41) is 17.0. The fourth-order valence-corrected chi connectivity index (χ4v) is 4.37. The number of benzene rings is 1. The lowest BCUT2D eigenvalue weighted by molar-refractivity contribution is -0.126. The van der Waals surface area contributed by atoms with E-state index in [1.165, 1.54) is 36.1 Å². The highest BCUT2D eigenvalue weighted by molar-refractivity contribution is 5.78. The third-order valence-corrected chi connectivity index (χ3v) is 6.25. The predicted molar refractivity (Wildman–Crippen MR) is 119 cm³/mol. The maximum Gasteiger partial charge on any atom is 0.223 e. The third kappa shape index (κ3) is 5.84. The number of anilines is 1. The summed E-state index contributed by atoms with van der Waals surface area (Å²) in [6, 6.07) is 7.91. The van der Waals surface area contributed by atoms with Gasteiger partial charge < -0.3 is 11.1 Å². The van der Waals surface area contributed by atoms with Crippen LogP contribution in [0.25, 0.3) is 5.69 Å². The van der Waals surface area contributed by atoms with Crippen molar-refractivity contribution >= 4 is 11.7 Å². The molecule has 166 valence electrons. The van der Waals surface area contributed by atoms with Gasteiger partial charge in [-0.05, 0) is 68.7 Å². The highest BCUT2D eigenvalue weighted by atomic mass is 19.1. The Morgan fingerprint density at radius 3 is 2.61 bits per heavy atom. The molecule has 3 N–H and O–H groups in total. The van der Waals surface area contributed by atoms with Crippen LogP contribution in [0.4, 0.5) is 10.2 Å². The van der Waals surface area contributed by atoms with Crippen LogP contribution in [-0.2, 0) is 11.2 Å². The second-order valence-electron chi connectivity index (χ2n) is 8.46. The third-order valence-electron chi connectivity index (χ3n) is 6.25. The molecule has 0 spiro atoms. The van der Waals surface area contributed by atoms with Gasteiger partial charge in [-0.25, -0.2) is 9.07 Å². The number of rotatable bonds is 9. The molecule has 0 atom stereocenters. The normalized spacial score (nSPS) is 18.5. The summed E-state index contributed by atoms with van der Waals surface area (Å²) in [6.45, 7) is 2.77. The lowest BCUT2D eigenvalue weighted by atomic mass is 9.79. The number of nitrogen functional groups attached to an aromatic ring is 1. The molecule has 3 rings (SSSR count). The van der Waals surface area contributed by atoms with Crippen molar-refractivity contribution in [2.45, 2.75) is 64.7 Å². The lowest BCUT2D eigenvalue weighted by Gasteiger charge is -2.27. The highest BCUT2D eigenvalue weighted by Crippen LogP contribution is 2.32. The molecule has 1 fully saturated rings. The van der Waals surface area contributed by atoms with Crippen molar-refractivity contribution in [3.63, 3.8) is 0 Å². The first-order valence-electron chi connectivity index (χ1n) is 11.3. The summed E-state index contributed by atoms with van der Waals surface area (Å²) in [5.41, 5.74) is 7.62. The molecule has 1 heterocycles. The van der Waals surface area contributed by atoms with Crippen molar-refractivity contribution in [2.24, 2.45) is 11.8 Å². The fraction of sp³-hybridized carbons (Fsp3) is 0.542. The Morgan fingerprint density at radius 2 is 1.97 bits per heavy atom. The Labute approximate surface area is 183 Å². The highest BCUT2D eigenvalue weighted by Gasteiger charge is 2.25. The molecular weight excluding hydrogens is 393 g/mol. The van der Waals surface area contributed by atoms with Gasteiger partial charge in [0.2, 0.25) is 5.91 Å². The Bertz CT molecular complexity index is 907. The average molecular weight is 426 g/mol. The van der Waals surface area contributed by atoms with Gasteiger partial charge >= 0.3 is 0 Å². The second kappa shape index (κ2) is 10.9. The number of carbonyl (C=O) groups excluding carboxylic acids is 1. The van der Waals surface area contributed by atoms with E-state index in [9.17, 15) is 14.4 Å². The molecule has 31 heavy (non-hydrogen) atoms. The summed E-state index contributed by atoms with van der Waals surface area (Å²) < 4.78 is 14.6. The monoisotopic (exact) mass is 425 g/mol. The Balaban J connectivity index is 1.48. The van der Waals surface area contributed by atoms with E-state index in [2.05, 4.69) is 23.4 Å². The number of nitrogens with one attached hydrogen (secondary N) is 1. The summed E-state index contributed by atoms with van der Waals surface area (Å²) in [6.07, 6.45) is 9.30. The van der Waals surface area contributed by atoms with E-state index in [-0.39, 0.29) is 23.5 Å². The summed E-state index contributed by atoms with van der Waals surface area (Å²) in [5.74, 6) is 0.954. The SMILES string of the molecule is CCCCC1CCC(C(=O)NCCCc2nn(-c3ccc(F)cc3)c(N)c2C#N)CC1. The van der Waals surface area contributed by atoms with E-state index in [0.29, 0.717) is 36.3 Å². The number of aryl methyl sites for hydroxylation is 1. The van der Waals surface area contributed by atoms with Crippen LogP contribution in [-0.4, -0.2) is 22.2 Å². The summed E-state index contributed by atoms with van der Waals surface area (Å²) in [7, 11) is 0. The molecule has 2 aromatic rings. The maximum absolute atomic E-state index is 13.2. The molecule has 1 aliphatic carbocycles. The molecule has 0 bridgehead atoms. The number of halogens is 1. The number of amides is 1. The molecular formula is C24H32FN5O. The van der Waals surface area contributed by atoms with Crippen LogP contribution in [0.1, 0.15) is 69.5 Å². The van der Waals surface area contributed by atoms with Crippen LogP contribution in [0.15, 0.2) is 24.3 Å². The van der Waals surface area contributed by atoms with Crippen LogP contribution in [0, 0.1) is 29.0 Å². The number of nitrogens with zero attached hydrogens (tertiary/aromatic N) is 3. The molecule has 1 aliphatic rings. The maximum atomic E-state index is 13.2. The van der Waals surface area contributed by atoms with Crippen molar-refractivity contribution in [3.8, 4) is 11.8 Å². The molecule has 0 aliphatic heterocycles. The minimum Gasteiger partial charge on any atom is -0.382 e.